The van der Waals surface area contributed by atoms with Crippen LogP contribution in [0.15, 0.2) is 0 Å². The van der Waals surface area contributed by atoms with Crippen LogP contribution in [-0.2, 0) is 19.1 Å². The molecule has 3 atom stereocenters. The predicted octanol–water partition coefficient (Wildman–Crippen LogP) is -0.140. The molecule has 0 aromatic carbocycles. The van der Waals surface area contributed by atoms with E-state index in [9.17, 15) is 24.5 Å². The Morgan fingerprint density at radius 3 is 1.95 bits per heavy atom. The molecule has 0 aromatic rings. The van der Waals surface area contributed by atoms with E-state index in [-0.39, 0.29) is 12.3 Å². The van der Waals surface area contributed by atoms with Crippen molar-refractivity contribution >= 4 is 17.8 Å². The average molecular weight is 317 g/mol. The SMILES string of the molecule is COC(=O)[C@H](C)NC(=O)[C@H](C)NC(=O)C(CC(C)C)[N+](=O)[O-]. The quantitative estimate of drug-likeness (QED) is 0.364. The van der Waals surface area contributed by atoms with Gasteiger partial charge in [0.05, 0.1) is 7.11 Å². The maximum Gasteiger partial charge on any atom is 0.328 e. The van der Waals surface area contributed by atoms with Crippen LogP contribution in [0.25, 0.3) is 0 Å². The van der Waals surface area contributed by atoms with Gasteiger partial charge in [-0.25, -0.2) is 4.79 Å². The molecule has 9 nitrogen and oxygen atoms in total. The number of amides is 2. The van der Waals surface area contributed by atoms with Gasteiger partial charge in [0.1, 0.15) is 12.1 Å². The molecule has 2 amide bonds. The summed E-state index contributed by atoms with van der Waals surface area (Å²) in [5.41, 5.74) is 0. The Morgan fingerprint density at radius 1 is 1.05 bits per heavy atom. The third kappa shape index (κ3) is 6.51. The molecule has 0 radical (unpaired) electrons. The molecular weight excluding hydrogens is 294 g/mol. The molecule has 9 heteroatoms. The van der Waals surface area contributed by atoms with Crippen molar-refractivity contribution in [3.8, 4) is 0 Å². The van der Waals surface area contributed by atoms with Crippen LogP contribution in [0.2, 0.25) is 0 Å². The zero-order valence-electron chi connectivity index (χ0n) is 13.4. The molecule has 0 saturated carbocycles. The number of nitrogens with one attached hydrogen (secondary N) is 2. The van der Waals surface area contributed by atoms with E-state index in [1.807, 2.05) is 0 Å². The topological polar surface area (TPSA) is 128 Å². The lowest BCUT2D eigenvalue weighted by molar-refractivity contribution is -0.509. The lowest BCUT2D eigenvalue weighted by Crippen LogP contribution is -2.52. The van der Waals surface area contributed by atoms with Crippen molar-refractivity contribution in [2.45, 2.75) is 52.2 Å². The van der Waals surface area contributed by atoms with Crippen LogP contribution >= 0.6 is 0 Å². The third-order valence-corrected chi connectivity index (χ3v) is 2.92. The first-order chi connectivity index (χ1) is 10.1. The molecule has 1 unspecified atom stereocenters. The second-order valence-electron chi connectivity index (χ2n) is 5.41. The highest BCUT2D eigenvalue weighted by molar-refractivity contribution is 5.91. The summed E-state index contributed by atoms with van der Waals surface area (Å²) in [7, 11) is 1.18. The van der Waals surface area contributed by atoms with Crippen molar-refractivity contribution in [3.63, 3.8) is 0 Å². The van der Waals surface area contributed by atoms with E-state index in [1.165, 1.54) is 21.0 Å². The molecule has 0 aliphatic carbocycles. The summed E-state index contributed by atoms with van der Waals surface area (Å²) in [5, 5.41) is 15.5. The van der Waals surface area contributed by atoms with E-state index in [2.05, 4.69) is 15.4 Å². The van der Waals surface area contributed by atoms with Crippen molar-refractivity contribution < 1.29 is 24.0 Å². The van der Waals surface area contributed by atoms with E-state index in [0.29, 0.717) is 0 Å². The molecule has 0 fully saturated rings. The van der Waals surface area contributed by atoms with Crippen LogP contribution < -0.4 is 10.6 Å². The lowest BCUT2D eigenvalue weighted by Gasteiger charge is -2.18. The van der Waals surface area contributed by atoms with Gasteiger partial charge >= 0.3 is 5.97 Å². The number of nitro groups is 1. The molecule has 0 aromatic heterocycles. The zero-order valence-corrected chi connectivity index (χ0v) is 13.4. The zero-order chi connectivity index (χ0) is 17.4. The van der Waals surface area contributed by atoms with Gasteiger partial charge in [0.25, 0.3) is 11.9 Å². The van der Waals surface area contributed by atoms with E-state index in [4.69, 9.17) is 0 Å². The van der Waals surface area contributed by atoms with Crippen LogP contribution in [0.3, 0.4) is 0 Å². The maximum absolute atomic E-state index is 11.9. The Balaban J connectivity index is 4.64. The number of methoxy groups -OCH3 is 1. The van der Waals surface area contributed by atoms with E-state index >= 15 is 0 Å². The van der Waals surface area contributed by atoms with Crippen molar-refractivity contribution in [3.05, 3.63) is 10.1 Å². The summed E-state index contributed by atoms with van der Waals surface area (Å²) in [5.74, 6) is -2.12. The second-order valence-corrected chi connectivity index (χ2v) is 5.41. The number of nitrogens with zero attached hydrogens (tertiary/aromatic N) is 1. The summed E-state index contributed by atoms with van der Waals surface area (Å²) in [6, 6.07) is -3.29. The number of ether oxygens (including phenoxy) is 1. The molecule has 0 heterocycles. The number of hydrogen-bond donors (Lipinski definition) is 2. The van der Waals surface area contributed by atoms with E-state index in [0.717, 1.165) is 0 Å². The second kappa shape index (κ2) is 8.96. The van der Waals surface area contributed by atoms with Gasteiger partial charge in [-0.3, -0.25) is 19.7 Å². The number of hydrogen-bond acceptors (Lipinski definition) is 6. The minimum Gasteiger partial charge on any atom is -0.467 e. The van der Waals surface area contributed by atoms with Gasteiger partial charge in [0.15, 0.2) is 0 Å². The molecule has 0 aliphatic rings. The smallest absolute Gasteiger partial charge is 0.328 e. The highest BCUT2D eigenvalue weighted by atomic mass is 16.6. The molecule has 0 spiro atoms. The fourth-order valence-electron chi connectivity index (χ4n) is 1.68. The molecule has 22 heavy (non-hydrogen) atoms. The monoisotopic (exact) mass is 317 g/mol. The van der Waals surface area contributed by atoms with Crippen LogP contribution in [0, 0.1) is 16.0 Å². The van der Waals surface area contributed by atoms with Crippen molar-refractivity contribution in [2.24, 2.45) is 5.92 Å². The first-order valence-corrected chi connectivity index (χ1v) is 6.92. The molecule has 2 N–H and O–H groups in total. The van der Waals surface area contributed by atoms with Gasteiger partial charge in [-0.1, -0.05) is 13.8 Å². The molecular formula is C13H23N3O6. The van der Waals surface area contributed by atoms with Crippen molar-refractivity contribution in [2.75, 3.05) is 7.11 Å². The summed E-state index contributed by atoms with van der Waals surface area (Å²) < 4.78 is 4.46. The maximum atomic E-state index is 11.9. The van der Waals surface area contributed by atoms with Crippen molar-refractivity contribution in [1.29, 1.82) is 0 Å². The van der Waals surface area contributed by atoms with E-state index < -0.39 is 40.8 Å². The molecule has 0 saturated heterocycles. The largest absolute Gasteiger partial charge is 0.467 e. The van der Waals surface area contributed by atoms with Crippen LogP contribution in [-0.4, -0.2) is 47.9 Å². The Bertz CT molecular complexity index is 437. The summed E-state index contributed by atoms with van der Waals surface area (Å²) >= 11 is 0. The van der Waals surface area contributed by atoms with Gasteiger partial charge in [-0.05, 0) is 19.8 Å². The number of rotatable bonds is 8. The number of carbonyl (C=O) groups is 3. The normalized spacial score (nSPS) is 14.6. The summed E-state index contributed by atoms with van der Waals surface area (Å²) in [6.45, 7) is 6.33. The van der Waals surface area contributed by atoms with Crippen LogP contribution in [0.4, 0.5) is 0 Å². The average Bonchev–Trinajstić information content (AvgIpc) is 2.42. The minimum atomic E-state index is -1.41. The molecule has 0 bridgehead atoms. The van der Waals surface area contributed by atoms with Crippen LogP contribution in [0.5, 0.6) is 0 Å². The molecule has 0 rings (SSSR count). The first-order valence-electron chi connectivity index (χ1n) is 6.92. The minimum absolute atomic E-state index is 0.0374. The highest BCUT2D eigenvalue weighted by Gasteiger charge is 2.32. The molecule has 0 aliphatic heterocycles. The third-order valence-electron chi connectivity index (χ3n) is 2.92. The lowest BCUT2D eigenvalue weighted by atomic mass is 10.0. The van der Waals surface area contributed by atoms with Gasteiger partial charge < -0.3 is 15.4 Å². The Hall–Kier alpha value is -2.19. The summed E-state index contributed by atoms with van der Waals surface area (Å²) in [4.78, 5) is 45.2. The van der Waals surface area contributed by atoms with Gasteiger partial charge in [0.2, 0.25) is 5.91 Å². The predicted molar refractivity (Wildman–Crippen MR) is 77.5 cm³/mol. The summed E-state index contributed by atoms with van der Waals surface area (Å²) in [6.07, 6.45) is 0.0751. The standard InChI is InChI=1S/C13H23N3O6/c1-7(2)6-10(16(20)21)12(18)14-8(3)11(17)15-9(4)13(19)22-5/h7-10H,6H2,1-5H3,(H,14,18)(H,15,17)/t8-,9-,10?/m0/s1. The fraction of sp³-hybridized carbons (Fsp3) is 0.769. The first kappa shape index (κ1) is 19.8. The van der Waals surface area contributed by atoms with Crippen molar-refractivity contribution in [1.82, 2.24) is 10.6 Å². The Morgan fingerprint density at radius 2 is 1.55 bits per heavy atom. The van der Waals surface area contributed by atoms with Crippen LogP contribution in [0.1, 0.15) is 34.1 Å². The van der Waals surface area contributed by atoms with Gasteiger partial charge in [0, 0.05) is 11.3 Å². The van der Waals surface area contributed by atoms with Gasteiger partial charge in [-0.15, -0.1) is 0 Å². The number of carbonyl (C=O) groups excluding carboxylic acids is 3. The Labute approximate surface area is 128 Å². The highest BCUT2D eigenvalue weighted by Crippen LogP contribution is 2.08. The number of esters is 1. The molecule has 126 valence electrons. The Kier molecular flexibility index (Phi) is 8.06. The fourth-order valence-corrected chi connectivity index (χ4v) is 1.68. The van der Waals surface area contributed by atoms with Gasteiger partial charge in [-0.2, -0.15) is 0 Å². The van der Waals surface area contributed by atoms with E-state index in [1.54, 1.807) is 13.8 Å².